The highest BCUT2D eigenvalue weighted by atomic mass is 33.1. The molecule has 2 amide bonds. The number of aryl methyl sites for hydroxylation is 2. The number of aliphatic imine (C=N–C) groups is 1. The third kappa shape index (κ3) is 13.9. The molecule has 9 N–H and O–H groups in total. The zero-order valence-electron chi connectivity index (χ0n) is 43.3. The zero-order valence-corrected chi connectivity index (χ0v) is 44.9. The Kier molecular flexibility index (Phi) is 19.5. The van der Waals surface area contributed by atoms with Crippen LogP contribution in [0, 0.1) is 11.8 Å². The number of rotatable bonds is 31. The number of carboxylic acid groups (broad SMARTS) is 2. The molecule has 26 heteroatoms. The predicted octanol–water partition coefficient (Wildman–Crippen LogP) is 2.86. The summed E-state index contributed by atoms with van der Waals surface area (Å²) < 4.78 is 11.2. The fourth-order valence-corrected chi connectivity index (χ4v) is 12.2. The number of carbonyl (C=O) groups excluding carboxylic acids is 7. The van der Waals surface area contributed by atoms with Gasteiger partial charge in [0, 0.05) is 91.3 Å². The maximum absolute atomic E-state index is 14.0. The van der Waals surface area contributed by atoms with Crippen LogP contribution >= 0.6 is 21.6 Å². The number of nitrogens with one attached hydrogen (secondary N) is 3. The van der Waals surface area contributed by atoms with Crippen LogP contribution in [0.25, 0.3) is 11.2 Å². The maximum atomic E-state index is 14.0. The number of aliphatic carboxylic acids is 2. The van der Waals surface area contributed by atoms with E-state index in [1.165, 1.54) is 24.1 Å². The third-order valence-corrected chi connectivity index (χ3v) is 16.8. The van der Waals surface area contributed by atoms with Crippen molar-refractivity contribution in [2.45, 2.75) is 115 Å². The number of hydrogen-bond acceptors (Lipinski definition) is 21. The second-order valence-electron chi connectivity index (χ2n) is 19.5. The number of piperazine rings is 1. The van der Waals surface area contributed by atoms with E-state index in [1.54, 1.807) is 48.9 Å². The van der Waals surface area contributed by atoms with Crippen LogP contribution in [0.5, 0.6) is 0 Å². The van der Waals surface area contributed by atoms with Crippen molar-refractivity contribution >= 4 is 97.3 Å². The quantitative estimate of drug-likeness (QED) is 0.0122. The Hall–Kier alpha value is -7.16. The SMILES string of the molecule is CO[C@@]12[C@H](COC(N)=O)C3=C(C(=O)C(C)=C(CCCSSCCC(=O)CN=C(C)CCC(=O)CCC(NC(=O)CCC(CC(=O)c4ccc(CCc5cnc6nc(N)[nH]c(=O)c6n5)cc4)C(=O)O)C(=O)O)C3=O)N1C[C@@H]1N[C@@H]12. The Balaban J connectivity index is 0.751. The fraction of sp³-hybridized carbons (Fsp3) is 0.500. The van der Waals surface area contributed by atoms with E-state index in [0.717, 1.165) is 5.56 Å². The molecule has 0 spiro atoms. The second-order valence-corrected chi connectivity index (χ2v) is 22.2. The number of Topliss-reactive ketones (excluding diaryl/α,β-unsaturated/α-hetero) is 5. The average Bonchev–Trinajstić information content (AvgIpc) is 3.33. The van der Waals surface area contributed by atoms with Gasteiger partial charge in [0.25, 0.3) is 5.56 Å². The van der Waals surface area contributed by atoms with Crippen molar-refractivity contribution in [3.8, 4) is 0 Å². The molecule has 7 rings (SSSR count). The maximum Gasteiger partial charge on any atom is 0.404 e. The van der Waals surface area contributed by atoms with Gasteiger partial charge in [-0.2, -0.15) is 4.98 Å². The lowest BCUT2D eigenvalue weighted by atomic mass is 9.79. The van der Waals surface area contributed by atoms with Gasteiger partial charge in [0.05, 0.1) is 42.0 Å². The molecule has 2 fully saturated rings. The number of aromatic amines is 1. The van der Waals surface area contributed by atoms with Crippen LogP contribution < -0.4 is 27.7 Å². The zero-order chi connectivity index (χ0) is 56.4. The lowest BCUT2D eigenvalue weighted by Crippen LogP contribution is -2.55. The van der Waals surface area contributed by atoms with Gasteiger partial charge >= 0.3 is 18.0 Å². The van der Waals surface area contributed by atoms with E-state index in [-0.39, 0.29) is 116 Å². The number of ether oxygens (including phenoxy) is 2. The minimum atomic E-state index is -1.41. The number of nitrogen functional groups attached to an aromatic ring is 1. The van der Waals surface area contributed by atoms with Crippen molar-refractivity contribution in [3.63, 3.8) is 0 Å². The number of carbonyl (C=O) groups is 9. The van der Waals surface area contributed by atoms with Crippen molar-refractivity contribution in [3.05, 3.63) is 80.1 Å². The largest absolute Gasteiger partial charge is 0.481 e. The second kappa shape index (κ2) is 26.0. The number of allylic oxidation sites excluding steroid dienone is 2. The Morgan fingerprint density at radius 3 is 2.37 bits per heavy atom. The van der Waals surface area contributed by atoms with Crippen LogP contribution in [0.1, 0.15) is 99.7 Å². The van der Waals surface area contributed by atoms with Gasteiger partial charge in [-0.15, -0.1) is 0 Å². The van der Waals surface area contributed by atoms with E-state index >= 15 is 0 Å². The normalized spacial score (nSPS) is 20.3. The van der Waals surface area contributed by atoms with Crippen molar-refractivity contribution < 1.29 is 62.8 Å². The number of methoxy groups -OCH3 is 1. The van der Waals surface area contributed by atoms with E-state index < -0.39 is 65.3 Å². The number of H-pyrrole nitrogens is 1. The highest BCUT2D eigenvalue weighted by Crippen LogP contribution is 2.56. The van der Waals surface area contributed by atoms with Crippen LogP contribution in [-0.4, -0.2) is 156 Å². The minimum absolute atomic E-state index is 0.0375. The van der Waals surface area contributed by atoms with Crippen LogP contribution in [0.4, 0.5) is 10.7 Å². The van der Waals surface area contributed by atoms with Gasteiger partial charge in [-0.05, 0) is 64.4 Å². The van der Waals surface area contributed by atoms with Gasteiger partial charge < -0.3 is 46.7 Å². The number of primary amides is 1. The van der Waals surface area contributed by atoms with Crippen molar-refractivity contribution in [2.24, 2.45) is 22.6 Å². The van der Waals surface area contributed by atoms with E-state index in [9.17, 15) is 58.2 Å². The topological polar surface area (TPSA) is 386 Å². The molecule has 2 saturated heterocycles. The smallest absolute Gasteiger partial charge is 0.404 e. The molecule has 78 heavy (non-hydrogen) atoms. The summed E-state index contributed by atoms with van der Waals surface area (Å²) in [7, 11) is 4.57. The van der Waals surface area contributed by atoms with E-state index in [4.69, 9.17) is 20.9 Å². The van der Waals surface area contributed by atoms with Crippen LogP contribution in [0.15, 0.2) is 62.7 Å². The summed E-state index contributed by atoms with van der Waals surface area (Å²) in [5, 5.41) is 25.3. The predicted molar refractivity (Wildman–Crippen MR) is 286 cm³/mol. The van der Waals surface area contributed by atoms with Crippen LogP contribution in [-0.2, 0) is 55.9 Å². The van der Waals surface area contributed by atoms with Gasteiger partial charge in [-0.25, -0.2) is 19.6 Å². The highest BCUT2D eigenvalue weighted by molar-refractivity contribution is 8.76. The number of benzene rings is 1. The van der Waals surface area contributed by atoms with Crippen LogP contribution in [0.2, 0.25) is 0 Å². The minimum Gasteiger partial charge on any atom is -0.481 e. The molecule has 2 unspecified atom stereocenters. The summed E-state index contributed by atoms with van der Waals surface area (Å²) in [6.07, 6.45) is 1.54. The fourth-order valence-electron chi connectivity index (χ4n) is 10.1. The molecule has 1 aliphatic carbocycles. The standard InChI is InChI=1S/C52H62N10O14S2/c1-26(55-23-33(64)18-20-78-77-19-4-5-34-27(2)43(67)42-40(44(34)68)35(25-76-51(54)74)52(75-3)45-37(59-45)24-62(42)52)6-14-32(63)15-16-36(49(72)73)58-39(66)17-12-30(48(70)71)21-38(65)29-10-7-28(8-11-29)9-13-31-22-56-46-41(57-31)47(69)61-50(53)60-46/h7-8,10-11,22,30,35-37,45,59H,4-6,9,12-21,23-25H2,1-3H3,(H2,54,74)(H,58,66)(H,70,71)(H,72,73)(H3,53,56,60,61,69)/t30?,35-,36?,37+,45+,52-/m1/s1. The lowest BCUT2D eigenvalue weighted by Gasteiger charge is -2.39. The molecule has 4 aliphatic rings. The Labute approximate surface area is 455 Å². The molecule has 24 nitrogen and oxygen atoms in total. The lowest BCUT2D eigenvalue weighted by molar-refractivity contribution is -0.144. The molecular weight excluding hydrogens is 1050 g/mol. The van der Waals surface area contributed by atoms with Gasteiger partial charge in [-0.3, -0.25) is 48.3 Å². The number of hydrogen-bond donors (Lipinski definition) is 7. The molecule has 6 atom stereocenters. The first kappa shape index (κ1) is 58.5. The average molecular weight is 1120 g/mol. The summed E-state index contributed by atoms with van der Waals surface area (Å²) in [5.41, 5.74) is 13.1. The highest BCUT2D eigenvalue weighted by Gasteiger charge is 2.72. The van der Waals surface area contributed by atoms with Crippen molar-refractivity contribution in [1.82, 2.24) is 35.5 Å². The number of ketones is 5. The monoisotopic (exact) mass is 1110 g/mol. The first-order valence-corrected chi connectivity index (χ1v) is 27.9. The first-order chi connectivity index (χ1) is 37.2. The summed E-state index contributed by atoms with van der Waals surface area (Å²) in [5.74, 6) is -5.58. The first-order valence-electron chi connectivity index (χ1n) is 25.4. The van der Waals surface area contributed by atoms with Crippen LogP contribution in [0.3, 0.4) is 0 Å². The van der Waals surface area contributed by atoms with Crippen molar-refractivity contribution in [1.29, 1.82) is 0 Å². The Morgan fingerprint density at radius 2 is 1.67 bits per heavy atom. The summed E-state index contributed by atoms with van der Waals surface area (Å²) >= 11 is 0. The molecule has 2 aromatic heterocycles. The number of nitrogens with two attached hydrogens (primary N) is 2. The van der Waals surface area contributed by atoms with Gasteiger partial charge in [0.1, 0.15) is 18.4 Å². The molecule has 0 saturated carbocycles. The molecule has 0 bridgehead atoms. The van der Waals surface area contributed by atoms with Gasteiger partial charge in [0.15, 0.2) is 34.2 Å². The van der Waals surface area contributed by atoms with E-state index in [2.05, 4.69) is 35.6 Å². The van der Waals surface area contributed by atoms with Crippen molar-refractivity contribution in [2.75, 3.05) is 44.0 Å². The van der Waals surface area contributed by atoms with E-state index in [0.29, 0.717) is 77.6 Å². The molecular formula is C52H62N10O14S2. The molecule has 3 aromatic rings. The number of aromatic nitrogens is 4. The third-order valence-electron chi connectivity index (χ3n) is 14.3. The molecule has 416 valence electrons. The number of fused-ring (bicyclic) bond motifs is 5. The molecule has 5 heterocycles. The summed E-state index contributed by atoms with van der Waals surface area (Å²) in [6, 6.07) is 5.10. The van der Waals surface area contributed by atoms with E-state index in [1.807, 2.05) is 4.90 Å². The number of nitrogens with zero attached hydrogens (tertiary/aromatic N) is 5. The van der Waals surface area contributed by atoms with Gasteiger partial charge in [-0.1, -0.05) is 45.9 Å². The molecule has 3 aliphatic heterocycles. The summed E-state index contributed by atoms with van der Waals surface area (Å²) in [6.45, 7) is 3.56. The molecule has 1 aromatic carbocycles. The van der Waals surface area contributed by atoms with Gasteiger partial charge in [0.2, 0.25) is 17.6 Å². The number of amides is 2. The molecule has 0 radical (unpaired) electrons. The Morgan fingerprint density at radius 1 is 0.923 bits per heavy atom. The number of carboxylic acids is 2. The summed E-state index contributed by atoms with van der Waals surface area (Å²) in [4.78, 5) is 148. The number of anilines is 1. The Bertz CT molecular complexity index is 3050.